The maximum Gasteiger partial charge on any atom is 0.124 e. The van der Waals surface area contributed by atoms with Crippen LogP contribution in [0.3, 0.4) is 0 Å². The number of piperazine rings is 1. The molecule has 0 bridgehead atoms. The number of anilines is 1. The lowest BCUT2D eigenvalue weighted by molar-refractivity contribution is -0.107. The molecule has 0 radical (unpaired) electrons. The number of hydrogen-bond acceptors (Lipinski definition) is 3. The van der Waals surface area contributed by atoms with Crippen LogP contribution in [0.2, 0.25) is 5.02 Å². The van der Waals surface area contributed by atoms with Crippen LogP contribution in [0.4, 0.5) is 5.69 Å². The summed E-state index contributed by atoms with van der Waals surface area (Å²) >= 11 is 6.22. The van der Waals surface area contributed by atoms with Crippen molar-refractivity contribution in [3.63, 3.8) is 0 Å². The van der Waals surface area contributed by atoms with E-state index in [9.17, 15) is 4.79 Å². The Morgan fingerprint density at radius 2 is 2.12 bits per heavy atom. The zero-order valence-electron chi connectivity index (χ0n) is 9.08. The molecule has 1 aliphatic rings. The fourth-order valence-electron chi connectivity index (χ4n) is 1.94. The molecule has 0 saturated carbocycles. The van der Waals surface area contributed by atoms with Crippen LogP contribution in [0.15, 0.2) is 18.2 Å². The summed E-state index contributed by atoms with van der Waals surface area (Å²) in [4.78, 5) is 12.7. The number of nitrogens with one attached hydrogen (secondary N) is 1. The van der Waals surface area contributed by atoms with Gasteiger partial charge in [-0.1, -0.05) is 17.7 Å². The van der Waals surface area contributed by atoms with Crippen molar-refractivity contribution >= 4 is 23.6 Å². The van der Waals surface area contributed by atoms with Gasteiger partial charge in [0.2, 0.25) is 0 Å². The lowest BCUT2D eigenvalue weighted by Gasteiger charge is -2.30. The van der Waals surface area contributed by atoms with Crippen LogP contribution in [0.1, 0.15) is 5.56 Å². The number of carbonyl (C=O) groups excluding carboxylic acids is 1. The fraction of sp³-hybridized carbons (Fsp3) is 0.417. The van der Waals surface area contributed by atoms with E-state index in [1.165, 1.54) is 0 Å². The predicted octanol–water partition coefficient (Wildman–Crippen LogP) is 1.49. The number of rotatable bonds is 3. The van der Waals surface area contributed by atoms with Gasteiger partial charge < -0.3 is 15.0 Å². The third-order valence-corrected chi connectivity index (χ3v) is 3.09. The SMILES string of the molecule is O=CCc1ccc(N2CCNCC2)c(Cl)c1. The highest BCUT2D eigenvalue weighted by Gasteiger charge is 2.13. The van der Waals surface area contributed by atoms with E-state index in [1.807, 2.05) is 18.2 Å². The molecular weight excluding hydrogens is 224 g/mol. The summed E-state index contributed by atoms with van der Waals surface area (Å²) in [5, 5.41) is 4.04. The molecule has 1 fully saturated rings. The minimum Gasteiger partial charge on any atom is -0.368 e. The summed E-state index contributed by atoms with van der Waals surface area (Å²) < 4.78 is 0. The average molecular weight is 239 g/mol. The van der Waals surface area contributed by atoms with Crippen molar-refractivity contribution in [3.8, 4) is 0 Å². The van der Waals surface area contributed by atoms with E-state index in [-0.39, 0.29) is 0 Å². The van der Waals surface area contributed by atoms with Crippen LogP contribution in [-0.4, -0.2) is 32.5 Å². The van der Waals surface area contributed by atoms with Gasteiger partial charge in [-0.3, -0.25) is 0 Å². The quantitative estimate of drug-likeness (QED) is 0.810. The highest BCUT2D eigenvalue weighted by atomic mass is 35.5. The van der Waals surface area contributed by atoms with Crippen molar-refractivity contribution in [2.45, 2.75) is 6.42 Å². The Balaban J connectivity index is 2.17. The smallest absolute Gasteiger partial charge is 0.124 e. The largest absolute Gasteiger partial charge is 0.368 e. The zero-order valence-corrected chi connectivity index (χ0v) is 9.83. The van der Waals surface area contributed by atoms with Crippen molar-refractivity contribution in [2.24, 2.45) is 0 Å². The molecule has 2 rings (SSSR count). The molecule has 0 aliphatic carbocycles. The van der Waals surface area contributed by atoms with Crippen molar-refractivity contribution in [3.05, 3.63) is 28.8 Å². The molecule has 0 atom stereocenters. The minimum atomic E-state index is 0.432. The van der Waals surface area contributed by atoms with Crippen LogP contribution in [0.25, 0.3) is 0 Å². The predicted molar refractivity (Wildman–Crippen MR) is 66.3 cm³/mol. The number of halogens is 1. The Morgan fingerprint density at radius 3 is 2.75 bits per heavy atom. The second-order valence-corrected chi connectivity index (χ2v) is 4.30. The van der Waals surface area contributed by atoms with Crippen LogP contribution in [0.5, 0.6) is 0 Å². The minimum absolute atomic E-state index is 0.432. The Bertz CT molecular complexity index is 375. The number of hydrogen-bond donors (Lipinski definition) is 1. The molecule has 1 aromatic carbocycles. The van der Waals surface area contributed by atoms with E-state index in [1.54, 1.807) is 0 Å². The Morgan fingerprint density at radius 1 is 1.38 bits per heavy atom. The monoisotopic (exact) mass is 238 g/mol. The summed E-state index contributed by atoms with van der Waals surface area (Å²) in [6.07, 6.45) is 1.33. The second-order valence-electron chi connectivity index (χ2n) is 3.89. The van der Waals surface area contributed by atoms with E-state index in [2.05, 4.69) is 10.2 Å². The summed E-state index contributed by atoms with van der Waals surface area (Å²) in [5.41, 5.74) is 2.04. The summed E-state index contributed by atoms with van der Waals surface area (Å²) in [6, 6.07) is 5.86. The summed E-state index contributed by atoms with van der Waals surface area (Å²) in [7, 11) is 0. The van der Waals surface area contributed by atoms with E-state index < -0.39 is 0 Å². The molecule has 1 N–H and O–H groups in total. The van der Waals surface area contributed by atoms with E-state index in [0.717, 1.165) is 48.7 Å². The summed E-state index contributed by atoms with van der Waals surface area (Å²) in [6.45, 7) is 3.94. The number of carbonyl (C=O) groups is 1. The van der Waals surface area contributed by atoms with Gasteiger partial charge in [0.25, 0.3) is 0 Å². The molecule has 1 heterocycles. The molecule has 1 aromatic rings. The van der Waals surface area contributed by atoms with E-state index in [4.69, 9.17) is 11.6 Å². The van der Waals surface area contributed by atoms with E-state index in [0.29, 0.717) is 6.42 Å². The lowest BCUT2D eigenvalue weighted by atomic mass is 10.1. The van der Waals surface area contributed by atoms with Crippen molar-refractivity contribution < 1.29 is 4.79 Å². The molecule has 0 amide bonds. The van der Waals surface area contributed by atoms with Gasteiger partial charge in [-0.05, 0) is 17.7 Å². The zero-order chi connectivity index (χ0) is 11.4. The first kappa shape index (κ1) is 11.4. The molecule has 3 nitrogen and oxygen atoms in total. The van der Waals surface area contributed by atoms with Crippen LogP contribution >= 0.6 is 11.6 Å². The molecule has 86 valence electrons. The van der Waals surface area contributed by atoms with Crippen molar-refractivity contribution in [1.82, 2.24) is 5.32 Å². The maximum absolute atomic E-state index is 10.4. The number of aldehydes is 1. The third-order valence-electron chi connectivity index (χ3n) is 2.79. The van der Waals surface area contributed by atoms with Gasteiger partial charge in [0.1, 0.15) is 6.29 Å². The molecule has 0 unspecified atom stereocenters. The average Bonchev–Trinajstić information content (AvgIpc) is 2.31. The van der Waals surface area contributed by atoms with Gasteiger partial charge in [0.05, 0.1) is 10.7 Å². The molecule has 4 heteroatoms. The maximum atomic E-state index is 10.4. The molecule has 16 heavy (non-hydrogen) atoms. The Hall–Kier alpha value is -1.06. The van der Waals surface area contributed by atoms with Gasteiger partial charge >= 0.3 is 0 Å². The first-order chi connectivity index (χ1) is 7.81. The van der Waals surface area contributed by atoms with Crippen LogP contribution in [0, 0.1) is 0 Å². The fourth-order valence-corrected chi connectivity index (χ4v) is 2.26. The lowest BCUT2D eigenvalue weighted by Crippen LogP contribution is -2.43. The van der Waals surface area contributed by atoms with Crippen LogP contribution in [-0.2, 0) is 11.2 Å². The molecule has 1 aliphatic heterocycles. The molecule has 0 aromatic heterocycles. The first-order valence-corrected chi connectivity index (χ1v) is 5.87. The van der Waals surface area contributed by atoms with Gasteiger partial charge in [0.15, 0.2) is 0 Å². The van der Waals surface area contributed by atoms with E-state index >= 15 is 0 Å². The van der Waals surface area contributed by atoms with Crippen molar-refractivity contribution in [2.75, 3.05) is 31.1 Å². The number of benzene rings is 1. The third kappa shape index (κ3) is 2.54. The standard InChI is InChI=1S/C12H15ClN2O/c13-11-9-10(3-8-16)1-2-12(11)15-6-4-14-5-7-15/h1-2,8-9,14H,3-7H2. The first-order valence-electron chi connectivity index (χ1n) is 5.49. The van der Waals surface area contributed by atoms with Gasteiger partial charge in [0, 0.05) is 32.6 Å². The Kier molecular flexibility index (Phi) is 3.80. The summed E-state index contributed by atoms with van der Waals surface area (Å²) in [5.74, 6) is 0. The number of nitrogens with zero attached hydrogens (tertiary/aromatic N) is 1. The molecular formula is C12H15ClN2O. The normalized spacial score (nSPS) is 16.2. The van der Waals surface area contributed by atoms with Crippen LogP contribution < -0.4 is 10.2 Å². The van der Waals surface area contributed by atoms with Gasteiger partial charge in [-0.15, -0.1) is 0 Å². The molecule has 1 saturated heterocycles. The highest BCUT2D eigenvalue weighted by molar-refractivity contribution is 6.33. The second kappa shape index (κ2) is 5.32. The van der Waals surface area contributed by atoms with Crippen molar-refractivity contribution in [1.29, 1.82) is 0 Å². The Labute approximate surface area is 100 Å². The molecule has 0 spiro atoms. The van der Waals surface area contributed by atoms with Gasteiger partial charge in [-0.25, -0.2) is 0 Å². The highest BCUT2D eigenvalue weighted by Crippen LogP contribution is 2.27. The topological polar surface area (TPSA) is 32.3 Å². The van der Waals surface area contributed by atoms with Gasteiger partial charge in [-0.2, -0.15) is 0 Å².